The molecule has 3 nitrogen and oxygen atoms in total. The third-order valence-electron chi connectivity index (χ3n) is 7.54. The van der Waals surface area contributed by atoms with Gasteiger partial charge in [0, 0.05) is 18.5 Å². The van der Waals surface area contributed by atoms with Gasteiger partial charge in [-0.1, -0.05) is 38.3 Å². The molecule has 1 aliphatic heterocycles. The van der Waals surface area contributed by atoms with E-state index in [0.717, 1.165) is 31.6 Å². The first-order valence-corrected chi connectivity index (χ1v) is 10.5. The van der Waals surface area contributed by atoms with Crippen molar-refractivity contribution in [2.75, 3.05) is 13.7 Å². The van der Waals surface area contributed by atoms with Crippen LogP contribution in [0.3, 0.4) is 0 Å². The number of benzene rings is 1. The van der Waals surface area contributed by atoms with Crippen molar-refractivity contribution in [3.63, 3.8) is 0 Å². The van der Waals surface area contributed by atoms with Crippen LogP contribution in [0.5, 0.6) is 5.75 Å². The summed E-state index contributed by atoms with van der Waals surface area (Å²) < 4.78 is 5.31. The van der Waals surface area contributed by atoms with E-state index in [9.17, 15) is 4.79 Å². The molecule has 0 bridgehead atoms. The minimum Gasteiger partial charge on any atom is -0.497 e. The standard InChI is InChI=1S/C23H33NO2/c1-23-13-4-3-8-20(23)21(16-17-9-11-19(26-2)12-10-17)24(15-14-23)22(25)18-6-5-7-18/h9-12,18,20-21H,3-8,13-16H2,1-2H3/t20?,21-,23?/m1/s1. The maximum atomic E-state index is 13.2. The topological polar surface area (TPSA) is 29.5 Å². The van der Waals surface area contributed by atoms with Crippen LogP contribution >= 0.6 is 0 Å². The molecule has 0 aromatic heterocycles. The van der Waals surface area contributed by atoms with Crippen LogP contribution in [-0.4, -0.2) is 30.5 Å². The van der Waals surface area contributed by atoms with E-state index in [1.54, 1.807) is 7.11 Å². The number of carbonyl (C=O) groups is 1. The molecule has 3 atom stereocenters. The summed E-state index contributed by atoms with van der Waals surface area (Å²) >= 11 is 0. The number of rotatable bonds is 4. The van der Waals surface area contributed by atoms with Gasteiger partial charge in [-0.3, -0.25) is 4.79 Å². The van der Waals surface area contributed by atoms with Crippen LogP contribution in [0.15, 0.2) is 24.3 Å². The van der Waals surface area contributed by atoms with Crippen molar-refractivity contribution in [1.82, 2.24) is 4.90 Å². The molecule has 1 aromatic rings. The van der Waals surface area contributed by atoms with Gasteiger partial charge in [-0.25, -0.2) is 0 Å². The first kappa shape index (κ1) is 17.9. The number of ether oxygens (including phenoxy) is 1. The van der Waals surface area contributed by atoms with Crippen LogP contribution in [0, 0.1) is 17.3 Å². The van der Waals surface area contributed by atoms with Crippen LogP contribution in [0.2, 0.25) is 0 Å². The van der Waals surface area contributed by atoms with E-state index in [-0.39, 0.29) is 0 Å². The van der Waals surface area contributed by atoms with Gasteiger partial charge in [0.25, 0.3) is 0 Å². The Morgan fingerprint density at radius 3 is 2.54 bits per heavy atom. The lowest BCUT2D eigenvalue weighted by Gasteiger charge is -2.55. The zero-order valence-corrected chi connectivity index (χ0v) is 16.4. The van der Waals surface area contributed by atoms with Crippen molar-refractivity contribution < 1.29 is 9.53 Å². The van der Waals surface area contributed by atoms with Crippen molar-refractivity contribution in [3.05, 3.63) is 29.8 Å². The summed E-state index contributed by atoms with van der Waals surface area (Å²) in [5, 5.41) is 0. The van der Waals surface area contributed by atoms with Gasteiger partial charge >= 0.3 is 0 Å². The van der Waals surface area contributed by atoms with Crippen molar-refractivity contribution >= 4 is 5.91 Å². The lowest BCUT2D eigenvalue weighted by atomic mass is 9.60. The molecular weight excluding hydrogens is 322 g/mol. The lowest BCUT2D eigenvalue weighted by molar-refractivity contribution is -0.149. The molecule has 0 N–H and O–H groups in total. The summed E-state index contributed by atoms with van der Waals surface area (Å²) in [5.41, 5.74) is 1.75. The fourth-order valence-electron chi connectivity index (χ4n) is 5.57. The van der Waals surface area contributed by atoms with Crippen molar-refractivity contribution in [2.45, 2.75) is 70.8 Å². The minimum atomic E-state index is 0.307. The van der Waals surface area contributed by atoms with Gasteiger partial charge in [0.1, 0.15) is 5.75 Å². The van der Waals surface area contributed by atoms with E-state index in [1.165, 1.54) is 44.1 Å². The Morgan fingerprint density at radius 2 is 1.88 bits per heavy atom. The van der Waals surface area contributed by atoms with E-state index >= 15 is 0 Å². The Morgan fingerprint density at radius 1 is 1.12 bits per heavy atom. The number of likely N-dealkylation sites (tertiary alicyclic amines) is 1. The lowest BCUT2D eigenvalue weighted by Crippen LogP contribution is -2.58. The van der Waals surface area contributed by atoms with E-state index in [1.807, 2.05) is 0 Å². The fourth-order valence-corrected chi connectivity index (χ4v) is 5.57. The van der Waals surface area contributed by atoms with E-state index in [0.29, 0.717) is 29.2 Å². The second kappa shape index (κ2) is 7.25. The largest absolute Gasteiger partial charge is 0.497 e. The Labute approximate surface area is 158 Å². The smallest absolute Gasteiger partial charge is 0.225 e. The molecule has 0 spiro atoms. The summed E-state index contributed by atoms with van der Waals surface area (Å²) in [6, 6.07) is 8.84. The molecule has 1 amide bonds. The quantitative estimate of drug-likeness (QED) is 0.774. The van der Waals surface area contributed by atoms with Crippen LogP contribution in [0.4, 0.5) is 0 Å². The van der Waals surface area contributed by atoms with Crippen LogP contribution in [-0.2, 0) is 11.2 Å². The van der Waals surface area contributed by atoms with Crippen molar-refractivity contribution in [2.24, 2.45) is 17.3 Å². The van der Waals surface area contributed by atoms with E-state index in [4.69, 9.17) is 4.74 Å². The summed E-state index contributed by atoms with van der Waals surface area (Å²) in [6.45, 7) is 3.45. The molecule has 1 saturated heterocycles. The molecule has 2 unspecified atom stereocenters. The van der Waals surface area contributed by atoms with E-state index < -0.39 is 0 Å². The highest BCUT2D eigenvalue weighted by Gasteiger charge is 2.48. The maximum absolute atomic E-state index is 13.2. The van der Waals surface area contributed by atoms with Gasteiger partial charge in [0.15, 0.2) is 0 Å². The van der Waals surface area contributed by atoms with Crippen molar-refractivity contribution in [1.29, 1.82) is 0 Å². The number of hydrogen-bond donors (Lipinski definition) is 0. The second-order valence-electron chi connectivity index (χ2n) is 9.04. The molecule has 1 aromatic carbocycles. The number of amides is 1. The van der Waals surface area contributed by atoms with Crippen LogP contribution in [0.1, 0.15) is 63.9 Å². The highest BCUT2D eigenvalue weighted by molar-refractivity contribution is 5.80. The summed E-state index contributed by atoms with van der Waals surface area (Å²) in [5.74, 6) is 2.31. The average molecular weight is 356 g/mol. The molecule has 26 heavy (non-hydrogen) atoms. The van der Waals surface area contributed by atoms with Gasteiger partial charge in [-0.15, -0.1) is 0 Å². The second-order valence-corrected chi connectivity index (χ2v) is 9.04. The molecule has 0 radical (unpaired) electrons. The van der Waals surface area contributed by atoms with Gasteiger partial charge in [-0.2, -0.15) is 0 Å². The van der Waals surface area contributed by atoms with Gasteiger partial charge in [-0.05, 0) is 67.6 Å². The maximum Gasteiger partial charge on any atom is 0.225 e. The number of piperidine rings is 1. The predicted molar refractivity (Wildman–Crippen MR) is 104 cm³/mol. The zero-order chi connectivity index (χ0) is 18.1. The Bertz CT molecular complexity index is 636. The van der Waals surface area contributed by atoms with Gasteiger partial charge in [0.2, 0.25) is 5.91 Å². The first-order valence-electron chi connectivity index (χ1n) is 10.5. The first-order chi connectivity index (χ1) is 12.6. The van der Waals surface area contributed by atoms with Crippen LogP contribution in [0.25, 0.3) is 0 Å². The SMILES string of the molecule is COc1ccc(C[C@@H]2C3CCCCC3(C)CCN2C(=O)C2CCC2)cc1. The molecule has 3 aliphatic rings. The Balaban J connectivity index is 1.59. The number of methoxy groups -OCH3 is 1. The predicted octanol–water partition coefficient (Wildman–Crippen LogP) is 4.84. The number of hydrogen-bond acceptors (Lipinski definition) is 2. The summed E-state index contributed by atoms with van der Waals surface area (Å²) in [7, 11) is 1.71. The minimum absolute atomic E-state index is 0.307. The third-order valence-corrected chi connectivity index (χ3v) is 7.54. The molecule has 3 heteroatoms. The van der Waals surface area contributed by atoms with E-state index in [2.05, 4.69) is 36.1 Å². The van der Waals surface area contributed by atoms with Crippen molar-refractivity contribution in [3.8, 4) is 5.75 Å². The molecule has 3 fully saturated rings. The molecular formula is C23H33NO2. The van der Waals surface area contributed by atoms with Gasteiger partial charge in [0.05, 0.1) is 7.11 Å². The van der Waals surface area contributed by atoms with Crippen LogP contribution < -0.4 is 4.74 Å². The molecule has 4 rings (SSSR count). The molecule has 2 aliphatic carbocycles. The Kier molecular flexibility index (Phi) is 4.98. The monoisotopic (exact) mass is 355 g/mol. The highest BCUT2D eigenvalue weighted by atomic mass is 16.5. The molecule has 1 heterocycles. The summed E-state index contributed by atoms with van der Waals surface area (Å²) in [6.07, 6.45) is 10.9. The highest BCUT2D eigenvalue weighted by Crippen LogP contribution is 2.50. The third kappa shape index (κ3) is 3.25. The molecule has 2 saturated carbocycles. The summed E-state index contributed by atoms with van der Waals surface area (Å²) in [4.78, 5) is 15.5. The Hall–Kier alpha value is -1.51. The number of nitrogens with zero attached hydrogens (tertiary/aromatic N) is 1. The number of fused-ring (bicyclic) bond motifs is 1. The zero-order valence-electron chi connectivity index (χ0n) is 16.4. The van der Waals surface area contributed by atoms with Gasteiger partial charge < -0.3 is 9.64 Å². The number of carbonyl (C=O) groups excluding carboxylic acids is 1. The normalized spacial score (nSPS) is 31.8. The molecule has 142 valence electrons. The average Bonchev–Trinajstić information content (AvgIpc) is 2.60. The fraction of sp³-hybridized carbons (Fsp3) is 0.696.